The van der Waals surface area contributed by atoms with Crippen molar-refractivity contribution in [3.63, 3.8) is 0 Å². The number of hydrogen-bond donors (Lipinski definition) is 0. The van der Waals surface area contributed by atoms with Crippen molar-refractivity contribution in [1.29, 1.82) is 0 Å². The quantitative estimate of drug-likeness (QED) is 0.531. The lowest BCUT2D eigenvalue weighted by molar-refractivity contribution is -0.153. The lowest BCUT2D eigenvalue weighted by Gasteiger charge is -2.23. The highest BCUT2D eigenvalue weighted by Crippen LogP contribution is 2.46. The molecule has 2 heterocycles. The van der Waals surface area contributed by atoms with E-state index in [1.807, 2.05) is 30.3 Å². The first kappa shape index (κ1) is 18.7. The average molecular weight is 409 g/mol. The second kappa shape index (κ2) is 7.05. The Hall–Kier alpha value is -2.67. The van der Waals surface area contributed by atoms with Crippen LogP contribution in [0.4, 0.5) is 24.5 Å². The average Bonchev–Trinajstić information content (AvgIpc) is 3.12. The standard InChI is InChI=1S/C20H16ClF3N2O2/c1-27-15-7-3-2-6-14(15)26-10-9-13-18(26)12-5-4-8-16(17(12)25-19(13)21)28-11-20(22,23)24/h2-8H,9-11H2,1H3. The van der Waals surface area contributed by atoms with Crippen LogP contribution in [0, 0.1) is 0 Å². The van der Waals surface area contributed by atoms with Gasteiger partial charge in [-0.1, -0.05) is 35.9 Å². The molecule has 0 fully saturated rings. The molecule has 0 amide bonds. The molecular weight excluding hydrogens is 393 g/mol. The third kappa shape index (κ3) is 3.30. The third-order valence-corrected chi connectivity index (χ3v) is 4.93. The number of halogens is 4. The van der Waals surface area contributed by atoms with E-state index in [4.69, 9.17) is 21.1 Å². The van der Waals surface area contributed by atoms with Crippen LogP contribution >= 0.6 is 11.6 Å². The highest BCUT2D eigenvalue weighted by atomic mass is 35.5. The van der Waals surface area contributed by atoms with E-state index in [9.17, 15) is 13.2 Å². The zero-order chi connectivity index (χ0) is 19.9. The molecule has 3 aromatic rings. The van der Waals surface area contributed by atoms with Gasteiger partial charge in [-0.2, -0.15) is 13.2 Å². The van der Waals surface area contributed by atoms with Crippen molar-refractivity contribution in [2.75, 3.05) is 25.2 Å². The molecule has 0 bridgehead atoms. The number of para-hydroxylation sites is 3. The number of alkyl halides is 3. The van der Waals surface area contributed by atoms with Gasteiger partial charge in [0.05, 0.1) is 18.5 Å². The van der Waals surface area contributed by atoms with Gasteiger partial charge in [0.25, 0.3) is 0 Å². The fourth-order valence-corrected chi connectivity index (χ4v) is 3.76. The summed E-state index contributed by atoms with van der Waals surface area (Å²) in [6.45, 7) is -0.734. The second-order valence-electron chi connectivity index (χ2n) is 6.36. The first-order chi connectivity index (χ1) is 13.4. The second-order valence-corrected chi connectivity index (χ2v) is 6.72. The molecule has 4 rings (SSSR count). The van der Waals surface area contributed by atoms with Gasteiger partial charge in [-0.05, 0) is 24.6 Å². The number of methoxy groups -OCH3 is 1. The van der Waals surface area contributed by atoms with Crippen molar-refractivity contribution in [3.8, 4) is 11.5 Å². The van der Waals surface area contributed by atoms with E-state index in [1.54, 1.807) is 13.2 Å². The molecule has 28 heavy (non-hydrogen) atoms. The van der Waals surface area contributed by atoms with E-state index in [-0.39, 0.29) is 10.9 Å². The first-order valence-electron chi connectivity index (χ1n) is 8.60. The smallest absolute Gasteiger partial charge is 0.422 e. The minimum Gasteiger partial charge on any atom is -0.495 e. The number of aromatic nitrogens is 1. The molecule has 0 saturated carbocycles. The van der Waals surface area contributed by atoms with Gasteiger partial charge in [-0.15, -0.1) is 0 Å². The molecule has 0 atom stereocenters. The Balaban J connectivity index is 1.87. The number of nitrogens with zero attached hydrogens (tertiary/aromatic N) is 2. The molecule has 0 aliphatic carbocycles. The molecule has 8 heteroatoms. The monoisotopic (exact) mass is 408 g/mol. The van der Waals surface area contributed by atoms with Crippen LogP contribution in [0.1, 0.15) is 5.56 Å². The topological polar surface area (TPSA) is 34.6 Å². The Morgan fingerprint density at radius 2 is 1.86 bits per heavy atom. The highest BCUT2D eigenvalue weighted by Gasteiger charge is 2.31. The molecule has 2 aromatic carbocycles. The summed E-state index contributed by atoms with van der Waals surface area (Å²) in [5.74, 6) is 0.743. The Bertz CT molecular complexity index is 1040. The summed E-state index contributed by atoms with van der Waals surface area (Å²) in [4.78, 5) is 6.39. The number of pyridine rings is 1. The summed E-state index contributed by atoms with van der Waals surface area (Å²) >= 11 is 6.39. The maximum absolute atomic E-state index is 12.6. The lowest BCUT2D eigenvalue weighted by atomic mass is 10.1. The lowest BCUT2D eigenvalue weighted by Crippen LogP contribution is -2.19. The Kier molecular flexibility index (Phi) is 4.71. The molecule has 0 saturated heterocycles. The molecule has 1 aliphatic rings. The SMILES string of the molecule is COc1ccccc1N1CCc2c(Cl)nc3c(OCC(F)(F)F)cccc3c21. The summed E-state index contributed by atoms with van der Waals surface area (Å²) in [7, 11) is 1.59. The van der Waals surface area contributed by atoms with E-state index in [1.165, 1.54) is 6.07 Å². The minimum absolute atomic E-state index is 0.0476. The van der Waals surface area contributed by atoms with Crippen LogP contribution in [-0.2, 0) is 6.42 Å². The van der Waals surface area contributed by atoms with Crippen LogP contribution in [0.3, 0.4) is 0 Å². The molecular formula is C20H16ClF3N2O2. The Morgan fingerprint density at radius 3 is 2.61 bits per heavy atom. The van der Waals surface area contributed by atoms with Crippen molar-refractivity contribution in [3.05, 3.63) is 53.2 Å². The maximum atomic E-state index is 12.6. The zero-order valence-electron chi connectivity index (χ0n) is 14.9. The number of ether oxygens (including phenoxy) is 2. The van der Waals surface area contributed by atoms with E-state index >= 15 is 0 Å². The van der Waals surface area contributed by atoms with Crippen LogP contribution < -0.4 is 14.4 Å². The molecule has 0 spiro atoms. The Labute approximate surface area is 164 Å². The van der Waals surface area contributed by atoms with Gasteiger partial charge in [0.2, 0.25) is 0 Å². The van der Waals surface area contributed by atoms with E-state index in [0.29, 0.717) is 29.6 Å². The van der Waals surface area contributed by atoms with E-state index in [2.05, 4.69) is 9.88 Å². The van der Waals surface area contributed by atoms with Crippen molar-refractivity contribution < 1.29 is 22.6 Å². The van der Waals surface area contributed by atoms with Crippen LogP contribution in [0.2, 0.25) is 5.15 Å². The van der Waals surface area contributed by atoms with Crippen LogP contribution in [-0.4, -0.2) is 31.4 Å². The molecule has 0 radical (unpaired) electrons. The molecule has 1 aromatic heterocycles. The van der Waals surface area contributed by atoms with Crippen LogP contribution in [0.15, 0.2) is 42.5 Å². The number of anilines is 2. The highest BCUT2D eigenvalue weighted by molar-refractivity contribution is 6.31. The number of rotatable bonds is 4. The fourth-order valence-electron chi connectivity index (χ4n) is 3.49. The number of hydrogen-bond acceptors (Lipinski definition) is 4. The first-order valence-corrected chi connectivity index (χ1v) is 8.98. The van der Waals surface area contributed by atoms with Gasteiger partial charge in [0, 0.05) is 17.5 Å². The van der Waals surface area contributed by atoms with Crippen molar-refractivity contribution in [1.82, 2.24) is 4.98 Å². The summed E-state index contributed by atoms with van der Waals surface area (Å²) in [5, 5.41) is 0.949. The van der Waals surface area contributed by atoms with Gasteiger partial charge < -0.3 is 14.4 Å². The summed E-state index contributed by atoms with van der Waals surface area (Å²) in [5.41, 5.74) is 2.83. The summed E-state index contributed by atoms with van der Waals surface area (Å²) in [6, 6.07) is 12.5. The maximum Gasteiger partial charge on any atom is 0.422 e. The van der Waals surface area contributed by atoms with Gasteiger partial charge in [0.1, 0.15) is 22.2 Å². The molecule has 0 unspecified atom stereocenters. The summed E-state index contributed by atoms with van der Waals surface area (Å²) in [6.07, 6.45) is -3.77. The normalized spacial score (nSPS) is 13.7. The van der Waals surface area contributed by atoms with Gasteiger partial charge >= 0.3 is 6.18 Å². The van der Waals surface area contributed by atoms with E-state index < -0.39 is 12.8 Å². The Morgan fingerprint density at radius 1 is 1.11 bits per heavy atom. The molecule has 4 nitrogen and oxygen atoms in total. The van der Waals surface area contributed by atoms with Crippen LogP contribution in [0.5, 0.6) is 11.5 Å². The zero-order valence-corrected chi connectivity index (χ0v) is 15.6. The predicted octanol–water partition coefficient (Wildman–Crippen LogP) is 5.53. The van der Waals surface area contributed by atoms with Crippen LogP contribution in [0.25, 0.3) is 10.9 Å². The third-order valence-electron chi connectivity index (χ3n) is 4.62. The number of fused-ring (bicyclic) bond motifs is 3. The molecule has 0 N–H and O–H groups in total. The van der Waals surface area contributed by atoms with Crippen molar-refractivity contribution in [2.24, 2.45) is 0 Å². The van der Waals surface area contributed by atoms with Gasteiger partial charge in [0.15, 0.2) is 6.61 Å². The minimum atomic E-state index is -4.44. The van der Waals surface area contributed by atoms with Gasteiger partial charge in [-0.3, -0.25) is 0 Å². The van der Waals surface area contributed by atoms with Crippen molar-refractivity contribution >= 4 is 33.9 Å². The number of benzene rings is 2. The predicted molar refractivity (Wildman–Crippen MR) is 102 cm³/mol. The molecule has 1 aliphatic heterocycles. The van der Waals surface area contributed by atoms with Gasteiger partial charge in [-0.25, -0.2) is 4.98 Å². The fraction of sp³-hybridized carbons (Fsp3) is 0.250. The van der Waals surface area contributed by atoms with Crippen molar-refractivity contribution in [2.45, 2.75) is 12.6 Å². The largest absolute Gasteiger partial charge is 0.495 e. The van der Waals surface area contributed by atoms with E-state index in [0.717, 1.165) is 16.9 Å². The molecule has 146 valence electrons. The summed E-state index contributed by atoms with van der Waals surface area (Å²) < 4.78 is 48.3.